The molecule has 5 nitrogen and oxygen atoms in total. The quantitative estimate of drug-likeness (QED) is 0.708. The number of aryl methyl sites for hydroxylation is 2. The number of anilines is 1. The van der Waals surface area contributed by atoms with Crippen molar-refractivity contribution in [1.82, 2.24) is 4.98 Å². The van der Waals surface area contributed by atoms with Gasteiger partial charge in [0, 0.05) is 22.8 Å². The van der Waals surface area contributed by atoms with Crippen LogP contribution in [-0.4, -0.2) is 23.0 Å². The Balaban J connectivity index is 1.72. The topological polar surface area (TPSA) is 71.2 Å². The average Bonchev–Trinajstić information content (AvgIpc) is 3.02. The summed E-state index contributed by atoms with van der Waals surface area (Å²) in [5.74, 6) is -0.882. The number of carbonyl (C=O) groups excluding carboxylic acids is 2. The van der Waals surface area contributed by atoms with E-state index in [1.165, 1.54) is 0 Å². The summed E-state index contributed by atoms with van der Waals surface area (Å²) in [6, 6.07) is 13.2. The third kappa shape index (κ3) is 3.40. The van der Waals surface area contributed by atoms with E-state index in [4.69, 9.17) is 4.74 Å². The van der Waals surface area contributed by atoms with E-state index >= 15 is 0 Å². The first-order valence-corrected chi connectivity index (χ1v) is 8.11. The van der Waals surface area contributed by atoms with Crippen molar-refractivity contribution in [3.63, 3.8) is 0 Å². The molecule has 0 aliphatic rings. The van der Waals surface area contributed by atoms with Crippen LogP contribution in [0.3, 0.4) is 0 Å². The molecule has 3 rings (SSSR count). The van der Waals surface area contributed by atoms with Crippen molar-refractivity contribution in [2.24, 2.45) is 0 Å². The fourth-order valence-electron chi connectivity index (χ4n) is 2.75. The molecule has 1 aromatic heterocycles. The Kier molecular flexibility index (Phi) is 4.57. The lowest BCUT2D eigenvalue weighted by atomic mass is 10.1. The van der Waals surface area contributed by atoms with Crippen LogP contribution >= 0.6 is 0 Å². The van der Waals surface area contributed by atoms with Gasteiger partial charge in [-0.25, -0.2) is 4.79 Å². The van der Waals surface area contributed by atoms with Gasteiger partial charge < -0.3 is 15.0 Å². The largest absolute Gasteiger partial charge is 0.449 e. The first-order chi connectivity index (χ1) is 12.0. The molecular formula is C20H20N2O3. The Labute approximate surface area is 146 Å². The van der Waals surface area contributed by atoms with Crippen molar-refractivity contribution in [3.05, 3.63) is 65.4 Å². The van der Waals surface area contributed by atoms with E-state index in [1.54, 1.807) is 13.1 Å². The maximum atomic E-state index is 12.4. The monoisotopic (exact) mass is 336 g/mol. The molecule has 0 saturated heterocycles. The van der Waals surface area contributed by atoms with Gasteiger partial charge in [-0.05, 0) is 38.0 Å². The van der Waals surface area contributed by atoms with Crippen LogP contribution < -0.4 is 5.32 Å². The van der Waals surface area contributed by atoms with Crippen LogP contribution in [0.4, 0.5) is 5.69 Å². The zero-order valence-electron chi connectivity index (χ0n) is 14.4. The molecule has 0 bridgehead atoms. The second kappa shape index (κ2) is 6.81. The van der Waals surface area contributed by atoms with E-state index in [1.807, 2.05) is 56.3 Å². The highest BCUT2D eigenvalue weighted by Crippen LogP contribution is 2.21. The van der Waals surface area contributed by atoms with E-state index < -0.39 is 12.1 Å². The molecule has 25 heavy (non-hydrogen) atoms. The predicted molar refractivity (Wildman–Crippen MR) is 97.7 cm³/mol. The number of H-pyrrole nitrogens is 1. The van der Waals surface area contributed by atoms with Crippen LogP contribution in [0.5, 0.6) is 0 Å². The van der Waals surface area contributed by atoms with Crippen molar-refractivity contribution in [2.75, 3.05) is 5.32 Å². The molecule has 3 aromatic rings. The highest BCUT2D eigenvalue weighted by Gasteiger charge is 2.21. The lowest BCUT2D eigenvalue weighted by Crippen LogP contribution is -2.30. The molecule has 0 spiro atoms. The summed E-state index contributed by atoms with van der Waals surface area (Å²) in [7, 11) is 0. The average molecular weight is 336 g/mol. The zero-order chi connectivity index (χ0) is 18.0. The molecule has 2 aromatic carbocycles. The number of aromatic amines is 1. The van der Waals surface area contributed by atoms with Gasteiger partial charge in [0.2, 0.25) is 0 Å². The predicted octanol–water partition coefficient (Wildman–Crippen LogP) is 3.97. The highest BCUT2D eigenvalue weighted by molar-refractivity contribution is 6.05. The maximum Gasteiger partial charge on any atom is 0.341 e. The zero-order valence-corrected chi connectivity index (χ0v) is 14.4. The maximum absolute atomic E-state index is 12.4. The molecule has 0 unspecified atom stereocenters. The summed E-state index contributed by atoms with van der Waals surface area (Å²) < 4.78 is 5.35. The van der Waals surface area contributed by atoms with Crippen LogP contribution in [-0.2, 0) is 9.53 Å². The summed E-state index contributed by atoms with van der Waals surface area (Å²) in [6.45, 7) is 5.41. The molecular weight excluding hydrogens is 316 g/mol. The van der Waals surface area contributed by atoms with E-state index in [2.05, 4.69) is 10.3 Å². The van der Waals surface area contributed by atoms with Crippen molar-refractivity contribution >= 4 is 28.5 Å². The number of aromatic nitrogens is 1. The molecule has 0 radical (unpaired) electrons. The number of benzene rings is 2. The molecule has 0 fully saturated rings. The second-order valence-corrected chi connectivity index (χ2v) is 6.05. The van der Waals surface area contributed by atoms with Gasteiger partial charge in [-0.2, -0.15) is 0 Å². The van der Waals surface area contributed by atoms with Crippen molar-refractivity contribution < 1.29 is 14.3 Å². The van der Waals surface area contributed by atoms with Gasteiger partial charge in [-0.3, -0.25) is 4.79 Å². The molecule has 0 aliphatic carbocycles. The molecule has 2 N–H and O–H groups in total. The summed E-state index contributed by atoms with van der Waals surface area (Å²) in [6.07, 6.45) is 0.698. The van der Waals surface area contributed by atoms with E-state index in [0.29, 0.717) is 5.56 Å². The number of amides is 1. The highest BCUT2D eigenvalue weighted by atomic mass is 16.5. The molecule has 5 heteroatoms. The molecule has 0 saturated carbocycles. The summed E-state index contributed by atoms with van der Waals surface area (Å²) in [4.78, 5) is 27.8. The molecule has 1 heterocycles. The first kappa shape index (κ1) is 16.8. The van der Waals surface area contributed by atoms with E-state index in [0.717, 1.165) is 27.7 Å². The van der Waals surface area contributed by atoms with Crippen molar-refractivity contribution in [3.8, 4) is 0 Å². The normalized spacial score (nSPS) is 12.0. The summed E-state index contributed by atoms with van der Waals surface area (Å²) in [5.41, 5.74) is 3.94. The van der Waals surface area contributed by atoms with E-state index in [-0.39, 0.29) is 5.91 Å². The Morgan fingerprint density at radius 1 is 1.04 bits per heavy atom. The Morgan fingerprint density at radius 2 is 1.72 bits per heavy atom. The van der Waals surface area contributed by atoms with Gasteiger partial charge in [-0.1, -0.05) is 36.4 Å². The Hall–Kier alpha value is -3.08. The van der Waals surface area contributed by atoms with Crippen molar-refractivity contribution in [1.29, 1.82) is 0 Å². The number of esters is 1. The number of fused-ring (bicyclic) bond motifs is 1. The minimum absolute atomic E-state index is 0.356. The van der Waals surface area contributed by atoms with Gasteiger partial charge in [0.05, 0.1) is 5.56 Å². The number of para-hydroxylation sites is 2. The minimum Gasteiger partial charge on any atom is -0.449 e. The lowest BCUT2D eigenvalue weighted by Gasteiger charge is -2.16. The molecule has 1 amide bonds. The van der Waals surface area contributed by atoms with Crippen LogP contribution in [0.2, 0.25) is 0 Å². The van der Waals surface area contributed by atoms with Gasteiger partial charge in [0.1, 0.15) is 0 Å². The van der Waals surface area contributed by atoms with Gasteiger partial charge in [-0.15, -0.1) is 0 Å². The number of ether oxygens (including phenoxy) is 1. The van der Waals surface area contributed by atoms with Crippen molar-refractivity contribution in [2.45, 2.75) is 26.9 Å². The van der Waals surface area contributed by atoms with Gasteiger partial charge in [0.15, 0.2) is 6.10 Å². The summed E-state index contributed by atoms with van der Waals surface area (Å²) >= 11 is 0. The number of hydrogen-bond acceptors (Lipinski definition) is 3. The lowest BCUT2D eigenvalue weighted by molar-refractivity contribution is -0.123. The standard InChI is InChI=1S/C20H20N2O3/c1-12-7-6-8-13(2)18(12)22-19(23)14(3)25-20(24)16-11-21-17-10-5-4-9-15(16)17/h4-11,14,21H,1-3H3,(H,22,23)/t14-/m1/s1. The number of carbonyl (C=O) groups is 2. The molecule has 0 aliphatic heterocycles. The van der Waals surface area contributed by atoms with Crippen LogP contribution in [0.15, 0.2) is 48.7 Å². The SMILES string of the molecule is Cc1cccc(C)c1NC(=O)[C@@H](C)OC(=O)c1c[nH]c2ccccc12. The molecule has 128 valence electrons. The second-order valence-electron chi connectivity index (χ2n) is 6.05. The van der Waals surface area contributed by atoms with E-state index in [9.17, 15) is 9.59 Å². The fourth-order valence-corrected chi connectivity index (χ4v) is 2.75. The number of hydrogen-bond donors (Lipinski definition) is 2. The third-order valence-corrected chi connectivity index (χ3v) is 4.19. The van der Waals surface area contributed by atoms with Crippen LogP contribution in [0.25, 0.3) is 10.9 Å². The fraction of sp³-hybridized carbons (Fsp3) is 0.200. The first-order valence-electron chi connectivity index (χ1n) is 8.11. The minimum atomic E-state index is -0.903. The molecule has 1 atom stereocenters. The summed E-state index contributed by atoms with van der Waals surface area (Å²) in [5, 5.41) is 3.62. The van der Waals surface area contributed by atoms with Crippen LogP contribution in [0.1, 0.15) is 28.4 Å². The number of rotatable bonds is 4. The van der Waals surface area contributed by atoms with Crippen LogP contribution in [0, 0.1) is 13.8 Å². The van der Waals surface area contributed by atoms with Gasteiger partial charge in [0.25, 0.3) is 5.91 Å². The van der Waals surface area contributed by atoms with Gasteiger partial charge >= 0.3 is 5.97 Å². The third-order valence-electron chi connectivity index (χ3n) is 4.19. The number of nitrogens with one attached hydrogen (secondary N) is 2. The smallest absolute Gasteiger partial charge is 0.341 e. The Bertz CT molecular complexity index is 923. The Morgan fingerprint density at radius 3 is 2.44 bits per heavy atom.